The summed E-state index contributed by atoms with van der Waals surface area (Å²) >= 11 is 0. The zero-order valence-corrected chi connectivity index (χ0v) is 8.81. The summed E-state index contributed by atoms with van der Waals surface area (Å²) in [5, 5.41) is 0. The molecular formula is C7H16FNO3S. The lowest BCUT2D eigenvalue weighted by molar-refractivity contribution is 0.359. The Morgan fingerprint density at radius 3 is 1.92 bits per heavy atom. The Balaban J connectivity index is 0.000000226. The zero-order chi connectivity index (χ0) is 10.3. The molecule has 0 aromatic carbocycles. The molecule has 6 heteroatoms. The lowest BCUT2D eigenvalue weighted by Crippen LogP contribution is -2.17. The molecule has 0 aromatic rings. The normalized spacial score (nSPS) is 18.1. The summed E-state index contributed by atoms with van der Waals surface area (Å²) in [6.07, 6.45) is 2.85. The van der Waals surface area contributed by atoms with Crippen LogP contribution in [0.1, 0.15) is 19.8 Å². The Bertz CT molecular complexity index is 212. The molecule has 1 saturated heterocycles. The van der Waals surface area contributed by atoms with Crippen LogP contribution < -0.4 is 0 Å². The van der Waals surface area contributed by atoms with E-state index in [2.05, 4.69) is 16.0 Å². The molecule has 0 radical (unpaired) electrons. The molecule has 0 atom stereocenters. The van der Waals surface area contributed by atoms with E-state index in [0.717, 1.165) is 7.11 Å². The molecule has 80 valence electrons. The Morgan fingerprint density at radius 1 is 1.38 bits per heavy atom. The van der Waals surface area contributed by atoms with Gasteiger partial charge in [-0.05, 0) is 32.5 Å². The van der Waals surface area contributed by atoms with Crippen LogP contribution >= 0.6 is 0 Å². The lowest BCUT2D eigenvalue weighted by atomic mass is 10.4. The van der Waals surface area contributed by atoms with E-state index in [1.54, 1.807) is 0 Å². The van der Waals surface area contributed by atoms with Gasteiger partial charge < -0.3 is 4.90 Å². The van der Waals surface area contributed by atoms with Crippen LogP contribution in [0, 0.1) is 0 Å². The van der Waals surface area contributed by atoms with Crippen molar-refractivity contribution in [3.8, 4) is 0 Å². The van der Waals surface area contributed by atoms with E-state index in [-0.39, 0.29) is 0 Å². The predicted octanol–water partition coefficient (Wildman–Crippen LogP) is 0.949. The maximum atomic E-state index is 10.9. The van der Waals surface area contributed by atoms with Gasteiger partial charge in [0.1, 0.15) is 0 Å². The molecule has 1 aliphatic heterocycles. The average molecular weight is 213 g/mol. The van der Waals surface area contributed by atoms with Crippen LogP contribution in [0.15, 0.2) is 0 Å². The van der Waals surface area contributed by atoms with E-state index in [1.165, 1.54) is 32.5 Å². The number of nitrogens with zero attached hydrogens (tertiary/aromatic N) is 1. The maximum Gasteiger partial charge on any atom is 0.437 e. The van der Waals surface area contributed by atoms with Crippen LogP contribution in [-0.4, -0.2) is 40.1 Å². The van der Waals surface area contributed by atoms with E-state index in [9.17, 15) is 3.89 Å². The van der Waals surface area contributed by atoms with Gasteiger partial charge in [0.15, 0.2) is 0 Å². The highest BCUT2D eigenvalue weighted by Crippen LogP contribution is 2.04. The summed E-state index contributed by atoms with van der Waals surface area (Å²) in [5.74, 6) is 0. The highest BCUT2D eigenvalue weighted by molar-refractivity contribution is 7.81. The number of hydrogen-bond acceptors (Lipinski definition) is 4. The van der Waals surface area contributed by atoms with E-state index in [4.69, 9.17) is 8.42 Å². The SMILES string of the molecule is CCN1CCCC1.COS(=O)(=O)F. The van der Waals surface area contributed by atoms with Gasteiger partial charge in [-0.15, -0.1) is 0 Å². The third kappa shape index (κ3) is 8.14. The highest BCUT2D eigenvalue weighted by atomic mass is 32.3. The van der Waals surface area contributed by atoms with Gasteiger partial charge in [-0.2, -0.15) is 8.42 Å². The van der Waals surface area contributed by atoms with Crippen LogP contribution in [0.3, 0.4) is 0 Å². The summed E-state index contributed by atoms with van der Waals surface area (Å²) in [5.41, 5.74) is 0. The van der Waals surface area contributed by atoms with Crippen LogP contribution in [-0.2, 0) is 14.7 Å². The molecule has 1 aliphatic rings. The van der Waals surface area contributed by atoms with Crippen molar-refractivity contribution in [2.45, 2.75) is 19.8 Å². The van der Waals surface area contributed by atoms with Crippen molar-refractivity contribution in [3.05, 3.63) is 0 Å². The first-order valence-electron chi connectivity index (χ1n) is 4.22. The number of likely N-dealkylation sites (tertiary alicyclic amines) is 1. The van der Waals surface area contributed by atoms with Gasteiger partial charge in [-0.1, -0.05) is 10.8 Å². The smallest absolute Gasteiger partial charge is 0.304 e. The van der Waals surface area contributed by atoms with Crippen molar-refractivity contribution >= 4 is 10.5 Å². The van der Waals surface area contributed by atoms with Crippen molar-refractivity contribution in [2.24, 2.45) is 0 Å². The van der Waals surface area contributed by atoms with Crippen LogP contribution in [0.4, 0.5) is 3.89 Å². The first-order chi connectivity index (χ1) is 5.99. The van der Waals surface area contributed by atoms with Gasteiger partial charge in [-0.25, -0.2) is 4.18 Å². The van der Waals surface area contributed by atoms with Crippen LogP contribution in [0.2, 0.25) is 0 Å². The molecule has 0 unspecified atom stereocenters. The van der Waals surface area contributed by atoms with E-state index < -0.39 is 10.5 Å². The Hall–Kier alpha value is -0.200. The van der Waals surface area contributed by atoms with Crippen molar-refractivity contribution in [1.82, 2.24) is 4.90 Å². The minimum Gasteiger partial charge on any atom is -0.304 e. The molecule has 0 bridgehead atoms. The minimum atomic E-state index is -4.66. The number of halogens is 1. The molecule has 1 fully saturated rings. The van der Waals surface area contributed by atoms with Crippen molar-refractivity contribution in [2.75, 3.05) is 26.7 Å². The van der Waals surface area contributed by atoms with Crippen LogP contribution in [0.25, 0.3) is 0 Å². The molecule has 0 spiro atoms. The quantitative estimate of drug-likeness (QED) is 0.641. The first kappa shape index (κ1) is 12.8. The second-order valence-electron chi connectivity index (χ2n) is 2.70. The summed E-state index contributed by atoms with van der Waals surface area (Å²) in [6, 6.07) is 0. The van der Waals surface area contributed by atoms with Gasteiger partial charge in [0.25, 0.3) is 0 Å². The molecule has 0 aromatic heterocycles. The summed E-state index contributed by atoms with van der Waals surface area (Å²) in [7, 11) is -3.92. The fourth-order valence-corrected chi connectivity index (χ4v) is 1.10. The zero-order valence-electron chi connectivity index (χ0n) is 7.99. The largest absolute Gasteiger partial charge is 0.437 e. The molecule has 0 aliphatic carbocycles. The molecule has 0 N–H and O–H groups in total. The number of rotatable bonds is 2. The molecule has 4 nitrogen and oxygen atoms in total. The fraction of sp³-hybridized carbons (Fsp3) is 1.00. The Morgan fingerprint density at radius 2 is 1.77 bits per heavy atom. The fourth-order valence-electron chi connectivity index (χ4n) is 1.10. The number of hydrogen-bond donors (Lipinski definition) is 0. The second-order valence-corrected chi connectivity index (χ2v) is 3.82. The van der Waals surface area contributed by atoms with E-state index in [1.807, 2.05) is 0 Å². The topological polar surface area (TPSA) is 46.6 Å². The molecule has 0 amide bonds. The predicted molar refractivity (Wildman–Crippen MR) is 48.4 cm³/mol. The van der Waals surface area contributed by atoms with Gasteiger partial charge in [0.2, 0.25) is 0 Å². The molecule has 13 heavy (non-hydrogen) atoms. The maximum absolute atomic E-state index is 10.9. The van der Waals surface area contributed by atoms with Gasteiger partial charge in [0, 0.05) is 0 Å². The molecule has 0 saturated carbocycles. The minimum absolute atomic E-state index is 0.745. The molecule has 1 rings (SSSR count). The highest BCUT2D eigenvalue weighted by Gasteiger charge is 2.06. The first-order valence-corrected chi connectivity index (χ1v) is 5.53. The molecule has 1 heterocycles. The second kappa shape index (κ2) is 6.28. The van der Waals surface area contributed by atoms with Crippen molar-refractivity contribution in [1.29, 1.82) is 0 Å². The Kier molecular flexibility index (Phi) is 6.19. The van der Waals surface area contributed by atoms with E-state index in [0.29, 0.717) is 0 Å². The van der Waals surface area contributed by atoms with Gasteiger partial charge >= 0.3 is 10.5 Å². The summed E-state index contributed by atoms with van der Waals surface area (Å²) < 4.78 is 32.3. The summed E-state index contributed by atoms with van der Waals surface area (Å²) in [4.78, 5) is 2.49. The third-order valence-electron chi connectivity index (χ3n) is 1.84. The van der Waals surface area contributed by atoms with Crippen molar-refractivity contribution in [3.63, 3.8) is 0 Å². The summed E-state index contributed by atoms with van der Waals surface area (Å²) in [6.45, 7) is 6.16. The standard InChI is InChI=1S/C6H13N.CH3FO3S/c1-2-7-5-3-4-6-7;1-5-6(2,3)4/h2-6H2,1H3;1H3. The van der Waals surface area contributed by atoms with Gasteiger partial charge in [-0.3, -0.25) is 0 Å². The van der Waals surface area contributed by atoms with Crippen LogP contribution in [0.5, 0.6) is 0 Å². The Labute approximate surface area is 79.1 Å². The van der Waals surface area contributed by atoms with Crippen molar-refractivity contribution < 1.29 is 16.5 Å². The van der Waals surface area contributed by atoms with E-state index >= 15 is 0 Å². The lowest BCUT2D eigenvalue weighted by Gasteiger charge is -2.08. The molecular weight excluding hydrogens is 197 g/mol. The average Bonchev–Trinajstić information content (AvgIpc) is 2.56. The third-order valence-corrected chi connectivity index (χ3v) is 2.24. The monoisotopic (exact) mass is 213 g/mol. The van der Waals surface area contributed by atoms with Gasteiger partial charge in [0.05, 0.1) is 7.11 Å².